The molecule has 134 valence electrons. The Kier molecular flexibility index (Phi) is 3.71. The van der Waals surface area contributed by atoms with E-state index >= 15 is 0 Å². The summed E-state index contributed by atoms with van der Waals surface area (Å²) in [6.45, 7) is 2.49. The number of carbonyl (C=O) groups excluding carboxylic acids is 1. The zero-order chi connectivity index (χ0) is 17.5. The van der Waals surface area contributed by atoms with Crippen LogP contribution >= 0.6 is 0 Å². The lowest BCUT2D eigenvalue weighted by molar-refractivity contribution is 0.0916. The third-order valence-electron chi connectivity index (χ3n) is 5.15. The van der Waals surface area contributed by atoms with Crippen LogP contribution in [0.4, 0.5) is 0 Å². The minimum atomic E-state index is -0.113. The van der Waals surface area contributed by atoms with E-state index in [1.165, 1.54) is 5.69 Å². The maximum Gasteiger partial charge on any atom is 0.287 e. The van der Waals surface area contributed by atoms with Crippen molar-refractivity contribution >= 4 is 5.91 Å². The standard InChI is InChI=1S/C20H21N3O3/c24-20(21-15-3-4-15)18-6-5-16(26-18)12-23-10-9-22-8-1-2-17(22)19(23)14-7-11-25-13-14/h1-2,5-8,11,13,15,19H,3-4,9-10,12H2,(H,21,24). The van der Waals surface area contributed by atoms with Crippen LogP contribution in [0.3, 0.4) is 0 Å². The summed E-state index contributed by atoms with van der Waals surface area (Å²) >= 11 is 0. The van der Waals surface area contributed by atoms with Crippen molar-refractivity contribution in [3.05, 3.63) is 71.8 Å². The molecule has 0 bridgehead atoms. The van der Waals surface area contributed by atoms with E-state index in [1.54, 1.807) is 18.6 Å². The summed E-state index contributed by atoms with van der Waals surface area (Å²) in [5.41, 5.74) is 2.37. The van der Waals surface area contributed by atoms with Gasteiger partial charge in [0.2, 0.25) is 0 Å². The topological polar surface area (TPSA) is 63.6 Å². The van der Waals surface area contributed by atoms with Gasteiger partial charge in [0, 0.05) is 36.6 Å². The molecular weight excluding hydrogens is 330 g/mol. The fraction of sp³-hybridized carbons (Fsp3) is 0.350. The number of aromatic nitrogens is 1. The van der Waals surface area contributed by atoms with Gasteiger partial charge in [0.05, 0.1) is 25.1 Å². The first-order valence-electron chi connectivity index (χ1n) is 9.09. The van der Waals surface area contributed by atoms with Crippen molar-refractivity contribution in [3.8, 4) is 0 Å². The van der Waals surface area contributed by atoms with E-state index in [1.807, 2.05) is 12.1 Å². The summed E-state index contributed by atoms with van der Waals surface area (Å²) in [5, 5.41) is 2.97. The van der Waals surface area contributed by atoms with E-state index in [2.05, 4.69) is 33.1 Å². The molecule has 0 saturated heterocycles. The molecule has 2 aliphatic rings. The Morgan fingerprint density at radius 1 is 1.19 bits per heavy atom. The van der Waals surface area contributed by atoms with Crippen LogP contribution in [-0.4, -0.2) is 28.0 Å². The third-order valence-corrected chi connectivity index (χ3v) is 5.15. The second kappa shape index (κ2) is 6.21. The van der Waals surface area contributed by atoms with E-state index in [9.17, 15) is 4.79 Å². The van der Waals surface area contributed by atoms with E-state index in [4.69, 9.17) is 8.83 Å². The highest BCUT2D eigenvalue weighted by molar-refractivity contribution is 5.91. The molecule has 5 rings (SSSR count). The van der Waals surface area contributed by atoms with Crippen LogP contribution in [0, 0.1) is 0 Å². The monoisotopic (exact) mass is 351 g/mol. The van der Waals surface area contributed by atoms with Crippen molar-refractivity contribution in [2.24, 2.45) is 0 Å². The van der Waals surface area contributed by atoms with Crippen molar-refractivity contribution < 1.29 is 13.6 Å². The molecule has 0 spiro atoms. The first kappa shape index (κ1) is 15.5. The van der Waals surface area contributed by atoms with Crippen molar-refractivity contribution in [1.82, 2.24) is 14.8 Å². The smallest absolute Gasteiger partial charge is 0.287 e. The molecule has 1 saturated carbocycles. The largest absolute Gasteiger partial charge is 0.472 e. The van der Waals surface area contributed by atoms with Crippen LogP contribution in [0.25, 0.3) is 0 Å². The van der Waals surface area contributed by atoms with Crippen LogP contribution in [0.1, 0.15) is 46.5 Å². The molecule has 26 heavy (non-hydrogen) atoms. The lowest BCUT2D eigenvalue weighted by Crippen LogP contribution is -2.37. The van der Waals surface area contributed by atoms with Crippen molar-refractivity contribution in [3.63, 3.8) is 0 Å². The molecule has 1 atom stereocenters. The molecule has 3 aromatic rings. The molecule has 1 N–H and O–H groups in total. The minimum Gasteiger partial charge on any atom is -0.472 e. The molecule has 1 fully saturated rings. The number of carbonyl (C=O) groups is 1. The molecule has 6 nitrogen and oxygen atoms in total. The highest BCUT2D eigenvalue weighted by atomic mass is 16.4. The van der Waals surface area contributed by atoms with Gasteiger partial charge in [0.1, 0.15) is 5.76 Å². The predicted octanol–water partition coefficient (Wildman–Crippen LogP) is 3.17. The van der Waals surface area contributed by atoms with Crippen LogP contribution in [0.2, 0.25) is 0 Å². The van der Waals surface area contributed by atoms with Crippen LogP contribution in [-0.2, 0) is 13.1 Å². The Bertz CT molecular complexity index is 905. The maximum absolute atomic E-state index is 12.1. The second-order valence-electron chi connectivity index (χ2n) is 7.07. The fourth-order valence-electron chi connectivity index (χ4n) is 3.68. The van der Waals surface area contributed by atoms with E-state index in [0.717, 1.165) is 37.3 Å². The number of hydrogen-bond acceptors (Lipinski definition) is 4. The molecule has 1 aliphatic heterocycles. The third kappa shape index (κ3) is 2.86. The van der Waals surface area contributed by atoms with Gasteiger partial charge >= 0.3 is 0 Å². The highest BCUT2D eigenvalue weighted by Crippen LogP contribution is 2.34. The predicted molar refractivity (Wildman–Crippen MR) is 94.6 cm³/mol. The van der Waals surface area contributed by atoms with Gasteiger partial charge in [-0.25, -0.2) is 0 Å². The molecule has 1 amide bonds. The molecule has 6 heteroatoms. The first-order chi connectivity index (χ1) is 12.8. The summed E-state index contributed by atoms with van der Waals surface area (Å²) < 4.78 is 13.4. The van der Waals surface area contributed by atoms with E-state index < -0.39 is 0 Å². The van der Waals surface area contributed by atoms with Gasteiger partial charge in [-0.15, -0.1) is 0 Å². The first-order valence-corrected chi connectivity index (χ1v) is 9.09. The van der Waals surface area contributed by atoms with E-state index in [0.29, 0.717) is 18.3 Å². The average Bonchev–Trinajstić information content (AvgIpc) is 3.10. The molecule has 0 aromatic carbocycles. The number of hydrogen-bond donors (Lipinski definition) is 1. The summed E-state index contributed by atoms with van der Waals surface area (Å²) in [5.74, 6) is 1.09. The summed E-state index contributed by atoms with van der Waals surface area (Å²) in [6, 6.07) is 10.4. The molecule has 0 radical (unpaired) electrons. The zero-order valence-electron chi connectivity index (χ0n) is 14.4. The Morgan fingerprint density at radius 2 is 2.12 bits per heavy atom. The quantitative estimate of drug-likeness (QED) is 0.767. The Morgan fingerprint density at radius 3 is 2.92 bits per heavy atom. The number of rotatable bonds is 5. The van der Waals surface area contributed by atoms with Crippen molar-refractivity contribution in [1.29, 1.82) is 0 Å². The highest BCUT2D eigenvalue weighted by Gasteiger charge is 2.30. The Balaban J connectivity index is 1.37. The second-order valence-corrected chi connectivity index (χ2v) is 7.07. The van der Waals surface area contributed by atoms with Gasteiger partial charge in [-0.2, -0.15) is 0 Å². The van der Waals surface area contributed by atoms with Crippen molar-refractivity contribution in [2.75, 3.05) is 6.54 Å². The van der Waals surface area contributed by atoms with Gasteiger partial charge in [-0.3, -0.25) is 9.69 Å². The van der Waals surface area contributed by atoms with Gasteiger partial charge < -0.3 is 18.7 Å². The summed E-state index contributed by atoms with van der Waals surface area (Å²) in [4.78, 5) is 14.5. The summed E-state index contributed by atoms with van der Waals surface area (Å²) in [6.07, 6.45) is 7.77. The number of nitrogens with zero attached hydrogens (tertiary/aromatic N) is 2. The molecule has 1 unspecified atom stereocenters. The minimum absolute atomic E-state index is 0.113. The lowest BCUT2D eigenvalue weighted by Gasteiger charge is -2.36. The maximum atomic E-state index is 12.1. The van der Waals surface area contributed by atoms with Crippen LogP contribution in [0.5, 0.6) is 0 Å². The average molecular weight is 351 g/mol. The molecule has 3 aromatic heterocycles. The number of fused-ring (bicyclic) bond motifs is 1. The normalized spacial score (nSPS) is 20.1. The van der Waals surface area contributed by atoms with Gasteiger partial charge in [-0.1, -0.05) is 0 Å². The van der Waals surface area contributed by atoms with Crippen molar-refractivity contribution in [2.45, 2.75) is 38.0 Å². The zero-order valence-corrected chi connectivity index (χ0v) is 14.4. The number of amides is 1. The number of nitrogens with one attached hydrogen (secondary N) is 1. The lowest BCUT2D eigenvalue weighted by atomic mass is 10.0. The SMILES string of the molecule is O=C(NC1CC1)c1ccc(CN2CCn3cccc3C2c2ccoc2)o1. The Hall–Kier alpha value is -2.73. The molecule has 4 heterocycles. The van der Waals surface area contributed by atoms with Gasteiger partial charge in [0.15, 0.2) is 5.76 Å². The number of furan rings is 2. The van der Waals surface area contributed by atoms with Crippen LogP contribution in [0.15, 0.2) is 57.9 Å². The van der Waals surface area contributed by atoms with Gasteiger partial charge in [-0.05, 0) is 43.2 Å². The fourth-order valence-corrected chi connectivity index (χ4v) is 3.68. The van der Waals surface area contributed by atoms with E-state index in [-0.39, 0.29) is 11.9 Å². The van der Waals surface area contributed by atoms with Crippen LogP contribution < -0.4 is 5.32 Å². The molecular formula is C20H21N3O3. The summed E-state index contributed by atoms with van der Waals surface area (Å²) in [7, 11) is 0. The Labute approximate surface area is 151 Å². The molecule has 1 aliphatic carbocycles. The van der Waals surface area contributed by atoms with Gasteiger partial charge in [0.25, 0.3) is 5.91 Å².